The van der Waals surface area contributed by atoms with Gasteiger partial charge >= 0.3 is 5.69 Å². The largest absolute Gasteiger partial charge is 0.329 e. The number of hydrogen-bond acceptors (Lipinski definition) is 1. The first-order chi connectivity index (χ1) is 9.58. The molecule has 0 saturated heterocycles. The number of imidazole rings is 1. The predicted molar refractivity (Wildman–Crippen MR) is 83.3 cm³/mol. The third kappa shape index (κ3) is 1.75. The van der Waals surface area contributed by atoms with Crippen molar-refractivity contribution in [3.63, 3.8) is 0 Å². The molecule has 1 heterocycles. The van der Waals surface area contributed by atoms with Crippen LogP contribution >= 0.6 is 0 Å². The van der Waals surface area contributed by atoms with Crippen molar-refractivity contribution >= 4 is 11.0 Å². The minimum absolute atomic E-state index is 0.145. The van der Waals surface area contributed by atoms with Crippen molar-refractivity contribution in [1.29, 1.82) is 0 Å². The van der Waals surface area contributed by atoms with Crippen molar-refractivity contribution in [2.75, 3.05) is 0 Å². The summed E-state index contributed by atoms with van der Waals surface area (Å²) in [6.45, 7) is 10.2. The lowest BCUT2D eigenvalue weighted by molar-refractivity contribution is 0.404. The Hall–Kier alpha value is -1.51. The highest BCUT2D eigenvalue weighted by atomic mass is 16.1. The van der Waals surface area contributed by atoms with E-state index < -0.39 is 0 Å². The molecule has 0 N–H and O–H groups in total. The summed E-state index contributed by atoms with van der Waals surface area (Å²) in [7, 11) is 0. The zero-order valence-corrected chi connectivity index (χ0v) is 12.9. The van der Waals surface area contributed by atoms with E-state index in [2.05, 4.69) is 32.9 Å². The van der Waals surface area contributed by atoms with Crippen LogP contribution in [0.25, 0.3) is 11.0 Å². The lowest BCUT2D eigenvalue weighted by Crippen LogP contribution is -2.23. The van der Waals surface area contributed by atoms with Gasteiger partial charge in [0.2, 0.25) is 0 Å². The van der Waals surface area contributed by atoms with Crippen LogP contribution < -0.4 is 5.69 Å². The summed E-state index contributed by atoms with van der Waals surface area (Å²) in [6, 6.07) is 4.39. The van der Waals surface area contributed by atoms with E-state index in [9.17, 15) is 4.79 Å². The van der Waals surface area contributed by atoms with Gasteiger partial charge in [-0.3, -0.25) is 9.13 Å². The Morgan fingerprint density at radius 3 is 2.45 bits per heavy atom. The zero-order valence-electron chi connectivity index (χ0n) is 12.9. The second-order valence-corrected chi connectivity index (χ2v) is 6.25. The molecule has 0 bridgehead atoms. The number of aromatic nitrogens is 2. The average Bonchev–Trinajstić information content (AvgIpc) is 2.96. The second-order valence-electron chi connectivity index (χ2n) is 6.25. The van der Waals surface area contributed by atoms with Gasteiger partial charge in [-0.1, -0.05) is 19.9 Å². The van der Waals surface area contributed by atoms with Crippen LogP contribution in [-0.4, -0.2) is 9.13 Å². The third-order valence-electron chi connectivity index (χ3n) is 4.90. The number of rotatable bonds is 3. The van der Waals surface area contributed by atoms with Crippen LogP contribution in [0.5, 0.6) is 0 Å². The Kier molecular flexibility index (Phi) is 3.23. The Bertz CT molecular complexity index is 706. The summed E-state index contributed by atoms with van der Waals surface area (Å²) >= 11 is 0. The maximum absolute atomic E-state index is 12.5. The van der Waals surface area contributed by atoms with Gasteiger partial charge in [0.05, 0.1) is 11.0 Å². The van der Waals surface area contributed by atoms with E-state index in [1.54, 1.807) is 0 Å². The van der Waals surface area contributed by atoms with Gasteiger partial charge in [0.25, 0.3) is 0 Å². The molecule has 0 spiro atoms. The van der Waals surface area contributed by atoms with Crippen LogP contribution in [0.2, 0.25) is 0 Å². The summed E-state index contributed by atoms with van der Waals surface area (Å²) in [4.78, 5) is 12.5. The first-order valence-electron chi connectivity index (χ1n) is 7.82. The van der Waals surface area contributed by atoms with Gasteiger partial charge in [0.1, 0.15) is 0 Å². The molecule has 0 amide bonds. The molecule has 0 radical (unpaired) electrons. The minimum Gasteiger partial charge on any atom is -0.292 e. The Morgan fingerprint density at radius 2 is 1.85 bits per heavy atom. The Balaban J connectivity index is 2.28. The molecule has 108 valence electrons. The molecule has 0 fully saturated rings. The fourth-order valence-corrected chi connectivity index (χ4v) is 3.64. The maximum Gasteiger partial charge on any atom is 0.329 e. The van der Waals surface area contributed by atoms with Crippen LogP contribution in [0.1, 0.15) is 38.8 Å². The van der Waals surface area contributed by atoms with E-state index in [0.717, 1.165) is 37.4 Å². The van der Waals surface area contributed by atoms with E-state index in [1.807, 2.05) is 16.1 Å². The van der Waals surface area contributed by atoms with Crippen LogP contribution in [0.15, 0.2) is 16.9 Å². The average molecular weight is 272 g/mol. The molecule has 3 heteroatoms. The number of fused-ring (bicyclic) bond motifs is 3. The molecular formula is C17H24N2O. The summed E-state index contributed by atoms with van der Waals surface area (Å²) < 4.78 is 3.86. The quantitative estimate of drug-likeness (QED) is 0.843. The zero-order chi connectivity index (χ0) is 14.4. The smallest absolute Gasteiger partial charge is 0.292 e. The molecule has 0 aliphatic heterocycles. The highest BCUT2D eigenvalue weighted by molar-refractivity contribution is 5.82. The fraction of sp³-hybridized carbons (Fsp3) is 0.588. The van der Waals surface area contributed by atoms with Gasteiger partial charge in [-0.05, 0) is 55.7 Å². The van der Waals surface area contributed by atoms with Crippen molar-refractivity contribution in [3.8, 4) is 0 Å². The van der Waals surface area contributed by atoms with Gasteiger partial charge in [0.15, 0.2) is 0 Å². The van der Waals surface area contributed by atoms with Gasteiger partial charge < -0.3 is 0 Å². The molecule has 1 aromatic heterocycles. The van der Waals surface area contributed by atoms with E-state index in [4.69, 9.17) is 0 Å². The van der Waals surface area contributed by atoms with E-state index >= 15 is 0 Å². The first-order valence-corrected chi connectivity index (χ1v) is 7.82. The van der Waals surface area contributed by atoms with Gasteiger partial charge in [-0.15, -0.1) is 0 Å². The van der Waals surface area contributed by atoms with Crippen molar-refractivity contribution in [2.24, 2.45) is 11.8 Å². The Labute approximate surface area is 120 Å². The van der Waals surface area contributed by atoms with Crippen molar-refractivity contribution < 1.29 is 0 Å². The second kappa shape index (κ2) is 4.80. The summed E-state index contributed by atoms with van der Waals surface area (Å²) in [5, 5.41) is 0. The van der Waals surface area contributed by atoms with Crippen LogP contribution in [0, 0.1) is 11.8 Å². The van der Waals surface area contributed by atoms with E-state index in [0.29, 0.717) is 5.92 Å². The Morgan fingerprint density at radius 1 is 1.15 bits per heavy atom. The molecule has 1 aliphatic rings. The molecule has 3 rings (SSSR count). The molecule has 1 unspecified atom stereocenters. The van der Waals surface area contributed by atoms with Gasteiger partial charge in [-0.25, -0.2) is 4.79 Å². The number of aryl methyl sites for hydroxylation is 2. The monoisotopic (exact) mass is 272 g/mol. The molecule has 1 aliphatic carbocycles. The summed E-state index contributed by atoms with van der Waals surface area (Å²) in [6.07, 6.45) is 2.29. The molecule has 2 aromatic rings. The van der Waals surface area contributed by atoms with Crippen LogP contribution in [-0.2, 0) is 25.9 Å². The minimum atomic E-state index is 0.145. The first kappa shape index (κ1) is 13.5. The van der Waals surface area contributed by atoms with Gasteiger partial charge in [-0.2, -0.15) is 0 Å². The standard InChI is InChI=1S/C17H24N2O/c1-5-18-15-8-7-12-9-13(11(3)4)10-14(12)16(15)19(6-2)17(18)20/h7-8,11,13H,5-6,9-10H2,1-4H3. The topological polar surface area (TPSA) is 26.9 Å². The highest BCUT2D eigenvalue weighted by Crippen LogP contribution is 2.35. The molecule has 1 atom stereocenters. The molecule has 20 heavy (non-hydrogen) atoms. The molecule has 0 saturated carbocycles. The van der Waals surface area contributed by atoms with Crippen molar-refractivity contribution in [1.82, 2.24) is 9.13 Å². The highest BCUT2D eigenvalue weighted by Gasteiger charge is 2.28. The molecular weight excluding hydrogens is 248 g/mol. The van der Waals surface area contributed by atoms with Crippen molar-refractivity contribution in [2.45, 2.75) is 53.6 Å². The lowest BCUT2D eigenvalue weighted by atomic mass is 9.93. The molecule has 1 aromatic carbocycles. The number of hydrogen-bond donors (Lipinski definition) is 0. The number of nitrogens with zero attached hydrogens (tertiary/aromatic N) is 2. The predicted octanol–water partition coefficient (Wildman–Crippen LogP) is 3.21. The third-order valence-corrected chi connectivity index (χ3v) is 4.90. The SMILES string of the molecule is CCn1c(=O)n(CC)c2c3c(ccc21)CC(C(C)C)C3. The molecule has 3 nitrogen and oxygen atoms in total. The van der Waals surface area contributed by atoms with E-state index in [1.165, 1.54) is 16.6 Å². The van der Waals surface area contributed by atoms with E-state index in [-0.39, 0.29) is 5.69 Å². The maximum atomic E-state index is 12.5. The number of benzene rings is 1. The van der Waals surface area contributed by atoms with Crippen LogP contribution in [0.3, 0.4) is 0 Å². The summed E-state index contributed by atoms with van der Waals surface area (Å²) in [5.74, 6) is 1.42. The van der Waals surface area contributed by atoms with Gasteiger partial charge in [0, 0.05) is 13.1 Å². The lowest BCUT2D eigenvalue weighted by Gasteiger charge is -2.12. The summed E-state index contributed by atoms with van der Waals surface area (Å²) in [5.41, 5.74) is 5.33. The van der Waals surface area contributed by atoms with Crippen LogP contribution in [0.4, 0.5) is 0 Å². The van der Waals surface area contributed by atoms with Crippen molar-refractivity contribution in [3.05, 3.63) is 33.7 Å². The fourth-order valence-electron chi connectivity index (χ4n) is 3.64. The normalized spacial score (nSPS) is 18.1.